The third kappa shape index (κ3) is 55.1. The summed E-state index contributed by atoms with van der Waals surface area (Å²) >= 11 is 0. The van der Waals surface area contributed by atoms with Crippen LogP contribution in [-0.4, -0.2) is 37.2 Å². The smallest absolute Gasteiger partial charge is 0.306 e. The molecule has 1 unspecified atom stereocenters. The van der Waals surface area contributed by atoms with Gasteiger partial charge in [-0.25, -0.2) is 0 Å². The Morgan fingerprint density at radius 2 is 0.609 bits per heavy atom. The highest BCUT2D eigenvalue weighted by atomic mass is 16.6. The first-order chi connectivity index (χ1) is 34.0. The molecule has 0 aromatic rings. The minimum Gasteiger partial charge on any atom is -0.462 e. The van der Waals surface area contributed by atoms with Crippen LogP contribution in [0.2, 0.25) is 0 Å². The predicted molar refractivity (Wildman–Crippen MR) is 297 cm³/mol. The van der Waals surface area contributed by atoms with Gasteiger partial charge in [0.25, 0.3) is 0 Å². The van der Waals surface area contributed by atoms with Gasteiger partial charge < -0.3 is 14.2 Å². The molecular formula is C63H106O6. The lowest BCUT2D eigenvalue weighted by molar-refractivity contribution is -0.166. The van der Waals surface area contributed by atoms with E-state index in [4.69, 9.17) is 14.2 Å². The summed E-state index contributed by atoms with van der Waals surface area (Å²) in [7, 11) is 0. The van der Waals surface area contributed by atoms with Gasteiger partial charge in [-0.3, -0.25) is 14.4 Å². The van der Waals surface area contributed by atoms with Crippen LogP contribution < -0.4 is 0 Å². The maximum atomic E-state index is 12.8. The second-order valence-corrected chi connectivity index (χ2v) is 18.8. The lowest BCUT2D eigenvalue weighted by atomic mass is 10.1. The molecule has 394 valence electrons. The predicted octanol–water partition coefficient (Wildman–Crippen LogP) is 19.3. The third-order valence-electron chi connectivity index (χ3n) is 12.1. The molecule has 0 saturated carbocycles. The molecule has 6 heteroatoms. The van der Waals surface area contributed by atoms with E-state index in [-0.39, 0.29) is 31.6 Å². The first-order valence-electron chi connectivity index (χ1n) is 28.7. The second kappa shape index (κ2) is 56.9. The zero-order valence-electron chi connectivity index (χ0n) is 45.0. The number of allylic oxidation sites excluding steroid dienone is 16. The van der Waals surface area contributed by atoms with Crippen molar-refractivity contribution in [3.8, 4) is 0 Å². The van der Waals surface area contributed by atoms with E-state index in [0.29, 0.717) is 19.3 Å². The number of carbonyl (C=O) groups excluding carboxylic acids is 3. The molecule has 6 nitrogen and oxygen atoms in total. The fourth-order valence-electron chi connectivity index (χ4n) is 7.74. The molecular weight excluding hydrogens is 853 g/mol. The normalized spacial score (nSPS) is 12.8. The first-order valence-corrected chi connectivity index (χ1v) is 28.7. The molecule has 0 aromatic carbocycles. The Bertz CT molecular complexity index is 1380. The molecule has 0 N–H and O–H groups in total. The van der Waals surface area contributed by atoms with E-state index >= 15 is 0 Å². The van der Waals surface area contributed by atoms with Crippen LogP contribution >= 0.6 is 0 Å². The average Bonchev–Trinajstić information content (AvgIpc) is 3.35. The Morgan fingerprint density at radius 3 is 0.986 bits per heavy atom. The zero-order valence-corrected chi connectivity index (χ0v) is 45.0. The lowest BCUT2D eigenvalue weighted by Gasteiger charge is -2.18. The molecule has 0 aliphatic carbocycles. The molecule has 0 fully saturated rings. The first kappa shape index (κ1) is 65.3. The molecule has 0 heterocycles. The van der Waals surface area contributed by atoms with E-state index in [1.54, 1.807) is 0 Å². The van der Waals surface area contributed by atoms with Crippen molar-refractivity contribution in [1.29, 1.82) is 0 Å². The minimum atomic E-state index is -0.822. The van der Waals surface area contributed by atoms with E-state index in [0.717, 1.165) is 89.9 Å². The molecule has 0 radical (unpaired) electrons. The van der Waals surface area contributed by atoms with Crippen LogP contribution in [0.1, 0.15) is 265 Å². The van der Waals surface area contributed by atoms with Gasteiger partial charge in [0.05, 0.1) is 0 Å². The summed E-state index contributed by atoms with van der Waals surface area (Å²) in [6, 6.07) is 0. The van der Waals surface area contributed by atoms with Crippen molar-refractivity contribution in [3.63, 3.8) is 0 Å². The Morgan fingerprint density at radius 1 is 0.304 bits per heavy atom. The molecule has 0 amide bonds. The Kier molecular flexibility index (Phi) is 53.9. The van der Waals surface area contributed by atoms with Gasteiger partial charge in [0.15, 0.2) is 6.10 Å². The van der Waals surface area contributed by atoms with E-state index in [2.05, 4.69) is 106 Å². The Hall–Kier alpha value is -3.67. The molecule has 0 aliphatic rings. The fraction of sp³-hybridized carbons (Fsp3) is 0.698. The summed E-state index contributed by atoms with van der Waals surface area (Å²) in [6.07, 6.45) is 75.6. The van der Waals surface area contributed by atoms with Gasteiger partial charge >= 0.3 is 17.9 Å². The van der Waals surface area contributed by atoms with Crippen LogP contribution in [0, 0.1) is 0 Å². The van der Waals surface area contributed by atoms with Crippen molar-refractivity contribution in [1.82, 2.24) is 0 Å². The van der Waals surface area contributed by atoms with Crippen molar-refractivity contribution >= 4 is 17.9 Å². The van der Waals surface area contributed by atoms with Gasteiger partial charge in [-0.2, -0.15) is 0 Å². The van der Waals surface area contributed by atoms with E-state index in [9.17, 15) is 14.4 Å². The van der Waals surface area contributed by atoms with Crippen molar-refractivity contribution in [2.75, 3.05) is 13.2 Å². The van der Waals surface area contributed by atoms with Gasteiger partial charge in [-0.05, 0) is 103 Å². The largest absolute Gasteiger partial charge is 0.462 e. The standard InChI is InChI=1S/C63H106O6/c1-4-7-10-13-16-19-22-24-26-28-30-31-33-34-36-38-41-44-47-50-53-56-62(65)68-59-60(58-67-61(64)55-52-49-46-43-40-21-18-15-12-9-6-3)69-63(66)57-54-51-48-45-42-39-37-35-32-29-27-25-23-20-17-14-11-8-5-2/h8,11,15,17-18,20,25,27-28,30,32,35,39,42,48,51,60H,4-7,9-10,12-14,16,19,21-24,26,29,31,33-34,36-38,40-41,43-47,49-50,52-59H2,1-3H3/b11-8-,18-15-,20-17-,27-25-,30-28-,35-32-,42-39-,51-48-. The van der Waals surface area contributed by atoms with E-state index in [1.165, 1.54) is 128 Å². The summed E-state index contributed by atoms with van der Waals surface area (Å²) in [5, 5.41) is 0. The molecule has 0 saturated heterocycles. The number of hydrogen-bond acceptors (Lipinski definition) is 6. The number of hydrogen-bond donors (Lipinski definition) is 0. The van der Waals surface area contributed by atoms with Gasteiger partial charge in [0.1, 0.15) is 13.2 Å². The lowest BCUT2D eigenvalue weighted by Crippen LogP contribution is -2.30. The monoisotopic (exact) mass is 959 g/mol. The quantitative estimate of drug-likeness (QED) is 0.0262. The van der Waals surface area contributed by atoms with Crippen LogP contribution in [0.5, 0.6) is 0 Å². The molecule has 1 atom stereocenters. The van der Waals surface area contributed by atoms with Crippen LogP contribution in [-0.2, 0) is 28.6 Å². The highest BCUT2D eigenvalue weighted by Crippen LogP contribution is 2.15. The van der Waals surface area contributed by atoms with Crippen molar-refractivity contribution < 1.29 is 28.6 Å². The van der Waals surface area contributed by atoms with Gasteiger partial charge in [-0.1, -0.05) is 240 Å². The number of rotatable bonds is 51. The number of ether oxygens (including phenoxy) is 3. The Labute approximate surface area is 426 Å². The minimum absolute atomic E-state index is 0.111. The highest BCUT2D eigenvalue weighted by molar-refractivity contribution is 5.71. The molecule has 69 heavy (non-hydrogen) atoms. The van der Waals surface area contributed by atoms with Crippen LogP contribution in [0.15, 0.2) is 97.2 Å². The van der Waals surface area contributed by atoms with Crippen LogP contribution in [0.3, 0.4) is 0 Å². The number of esters is 3. The van der Waals surface area contributed by atoms with Gasteiger partial charge in [0, 0.05) is 19.3 Å². The van der Waals surface area contributed by atoms with E-state index in [1.807, 2.05) is 12.2 Å². The maximum absolute atomic E-state index is 12.8. The molecule has 0 rings (SSSR count). The molecule has 0 bridgehead atoms. The maximum Gasteiger partial charge on any atom is 0.306 e. The van der Waals surface area contributed by atoms with Gasteiger partial charge in [-0.15, -0.1) is 0 Å². The van der Waals surface area contributed by atoms with Crippen LogP contribution in [0.4, 0.5) is 0 Å². The number of unbranched alkanes of at least 4 members (excludes halogenated alkanes) is 24. The Balaban J connectivity index is 4.43. The second-order valence-electron chi connectivity index (χ2n) is 18.8. The molecule has 0 aromatic heterocycles. The topological polar surface area (TPSA) is 78.9 Å². The van der Waals surface area contributed by atoms with E-state index < -0.39 is 12.1 Å². The molecule has 0 aliphatic heterocycles. The summed E-state index contributed by atoms with van der Waals surface area (Å²) in [4.78, 5) is 38.1. The van der Waals surface area contributed by atoms with Gasteiger partial charge in [0.2, 0.25) is 0 Å². The highest BCUT2D eigenvalue weighted by Gasteiger charge is 2.19. The van der Waals surface area contributed by atoms with Crippen molar-refractivity contribution in [2.45, 2.75) is 271 Å². The van der Waals surface area contributed by atoms with Crippen molar-refractivity contribution in [2.24, 2.45) is 0 Å². The molecule has 0 spiro atoms. The summed E-state index contributed by atoms with van der Waals surface area (Å²) < 4.78 is 16.8. The third-order valence-corrected chi connectivity index (χ3v) is 12.1. The fourth-order valence-corrected chi connectivity index (χ4v) is 7.74. The summed E-state index contributed by atoms with van der Waals surface area (Å²) in [5.74, 6) is -1.01. The number of carbonyl (C=O) groups is 3. The van der Waals surface area contributed by atoms with Crippen molar-refractivity contribution in [3.05, 3.63) is 97.2 Å². The average molecular weight is 960 g/mol. The summed E-state index contributed by atoms with van der Waals surface area (Å²) in [6.45, 7) is 6.42. The van der Waals surface area contributed by atoms with Crippen LogP contribution in [0.25, 0.3) is 0 Å². The SMILES string of the molecule is CC/C=C\C/C=C\C/C=C\C/C=C\C/C=C\C/C=C\CCC(=O)OC(COC(=O)CCCCCCC/C=C\CCCC)COC(=O)CCCCCCCCCCC/C=C\CCCCCCCCCC. The summed E-state index contributed by atoms with van der Waals surface area (Å²) in [5.41, 5.74) is 0. The zero-order chi connectivity index (χ0) is 50.0.